The Morgan fingerprint density at radius 1 is 1.61 bits per heavy atom. The summed E-state index contributed by atoms with van der Waals surface area (Å²) in [6.45, 7) is 2.04. The fraction of sp³-hybridized carbons (Fsp3) is 0.750. The zero-order valence-electron chi connectivity index (χ0n) is 10.7. The highest BCUT2D eigenvalue weighted by Gasteiger charge is 2.18. The number of amides is 1. The summed E-state index contributed by atoms with van der Waals surface area (Å²) in [5.41, 5.74) is 0.520. The van der Waals surface area contributed by atoms with E-state index in [2.05, 4.69) is 15.6 Å². The van der Waals surface area contributed by atoms with Crippen molar-refractivity contribution >= 4 is 5.91 Å². The molecule has 0 aromatic carbocycles. The minimum absolute atomic E-state index is 0.0376. The van der Waals surface area contributed by atoms with Gasteiger partial charge in [-0.15, -0.1) is 5.10 Å². The van der Waals surface area contributed by atoms with E-state index in [1.165, 1.54) is 17.5 Å². The van der Waals surface area contributed by atoms with Crippen molar-refractivity contribution in [1.82, 2.24) is 20.3 Å². The molecule has 1 aromatic rings. The first-order valence-electron chi connectivity index (χ1n) is 6.56. The Labute approximate surface area is 106 Å². The summed E-state index contributed by atoms with van der Waals surface area (Å²) >= 11 is 0. The first-order chi connectivity index (χ1) is 8.69. The van der Waals surface area contributed by atoms with E-state index in [9.17, 15) is 9.90 Å². The van der Waals surface area contributed by atoms with Crippen LogP contribution >= 0.6 is 0 Å². The minimum atomic E-state index is -0.600. The SMILES string of the molecule is CCC(O)c1cn(CC(=O)NC2CCCC2)nn1. The summed E-state index contributed by atoms with van der Waals surface area (Å²) in [6, 6.07) is 0.321. The van der Waals surface area contributed by atoms with Gasteiger partial charge < -0.3 is 10.4 Å². The molecule has 0 radical (unpaired) electrons. The summed E-state index contributed by atoms with van der Waals surface area (Å²) in [7, 11) is 0. The number of aliphatic hydroxyl groups is 1. The van der Waals surface area contributed by atoms with Crippen molar-refractivity contribution in [2.24, 2.45) is 0 Å². The molecule has 2 rings (SSSR count). The zero-order chi connectivity index (χ0) is 13.0. The Bertz CT molecular complexity index is 399. The Kier molecular flexibility index (Phi) is 4.30. The van der Waals surface area contributed by atoms with Crippen molar-refractivity contribution in [3.05, 3.63) is 11.9 Å². The summed E-state index contributed by atoms with van der Waals surface area (Å²) in [4.78, 5) is 11.8. The highest BCUT2D eigenvalue weighted by molar-refractivity contribution is 5.75. The molecule has 6 heteroatoms. The molecule has 1 saturated carbocycles. The van der Waals surface area contributed by atoms with Crippen molar-refractivity contribution in [2.45, 2.75) is 57.7 Å². The van der Waals surface area contributed by atoms with Gasteiger partial charge in [-0.1, -0.05) is 25.0 Å². The lowest BCUT2D eigenvalue weighted by molar-refractivity contribution is -0.122. The van der Waals surface area contributed by atoms with Gasteiger partial charge in [-0.05, 0) is 19.3 Å². The van der Waals surface area contributed by atoms with Crippen LogP contribution < -0.4 is 5.32 Å². The van der Waals surface area contributed by atoms with Gasteiger partial charge in [0, 0.05) is 6.04 Å². The number of carbonyl (C=O) groups is 1. The molecule has 1 amide bonds. The van der Waals surface area contributed by atoms with E-state index in [4.69, 9.17) is 0 Å². The highest BCUT2D eigenvalue weighted by atomic mass is 16.3. The summed E-state index contributed by atoms with van der Waals surface area (Å²) in [5.74, 6) is -0.0376. The maximum Gasteiger partial charge on any atom is 0.242 e. The van der Waals surface area contributed by atoms with Gasteiger partial charge in [0.05, 0.1) is 12.3 Å². The molecule has 0 bridgehead atoms. The summed E-state index contributed by atoms with van der Waals surface area (Å²) in [6.07, 6.45) is 6.15. The van der Waals surface area contributed by atoms with Crippen LogP contribution in [-0.4, -0.2) is 32.0 Å². The molecule has 1 atom stereocenters. The maximum atomic E-state index is 11.8. The van der Waals surface area contributed by atoms with E-state index in [0.29, 0.717) is 18.2 Å². The van der Waals surface area contributed by atoms with Crippen LogP contribution in [0.3, 0.4) is 0 Å². The van der Waals surface area contributed by atoms with Gasteiger partial charge in [-0.3, -0.25) is 4.79 Å². The first-order valence-corrected chi connectivity index (χ1v) is 6.56. The molecule has 0 saturated heterocycles. The van der Waals surface area contributed by atoms with E-state index in [1.54, 1.807) is 6.20 Å². The third kappa shape index (κ3) is 3.29. The zero-order valence-corrected chi connectivity index (χ0v) is 10.7. The van der Waals surface area contributed by atoms with Crippen LogP contribution in [-0.2, 0) is 11.3 Å². The smallest absolute Gasteiger partial charge is 0.242 e. The summed E-state index contributed by atoms with van der Waals surface area (Å²) in [5, 5.41) is 20.3. The second kappa shape index (κ2) is 5.95. The maximum absolute atomic E-state index is 11.8. The van der Waals surface area contributed by atoms with Crippen molar-refractivity contribution in [3.63, 3.8) is 0 Å². The topological polar surface area (TPSA) is 80.0 Å². The molecule has 0 aliphatic heterocycles. The second-order valence-electron chi connectivity index (χ2n) is 4.81. The van der Waals surface area contributed by atoms with E-state index < -0.39 is 6.10 Å². The number of nitrogens with one attached hydrogen (secondary N) is 1. The number of carbonyl (C=O) groups excluding carboxylic acids is 1. The standard InChI is InChI=1S/C12H20N4O2/c1-2-11(17)10-7-16(15-14-10)8-12(18)13-9-5-3-4-6-9/h7,9,11,17H,2-6,8H2,1H3,(H,13,18). The average Bonchev–Trinajstić information content (AvgIpc) is 2.99. The van der Waals surface area contributed by atoms with E-state index in [-0.39, 0.29) is 12.5 Å². The normalized spacial score (nSPS) is 17.9. The highest BCUT2D eigenvalue weighted by Crippen LogP contribution is 2.17. The lowest BCUT2D eigenvalue weighted by atomic mass is 10.2. The van der Waals surface area contributed by atoms with Crippen molar-refractivity contribution in [3.8, 4) is 0 Å². The van der Waals surface area contributed by atoms with Gasteiger partial charge in [-0.2, -0.15) is 0 Å². The van der Waals surface area contributed by atoms with Crippen LogP contribution in [0.5, 0.6) is 0 Å². The largest absolute Gasteiger partial charge is 0.387 e. The van der Waals surface area contributed by atoms with Crippen LogP contribution in [0.15, 0.2) is 6.20 Å². The van der Waals surface area contributed by atoms with E-state index in [1.807, 2.05) is 6.92 Å². The number of nitrogens with zero attached hydrogens (tertiary/aromatic N) is 3. The predicted octanol–water partition coefficient (Wildman–Crippen LogP) is 0.780. The second-order valence-corrected chi connectivity index (χ2v) is 4.81. The Morgan fingerprint density at radius 2 is 2.33 bits per heavy atom. The van der Waals surface area contributed by atoms with Crippen molar-refractivity contribution in [1.29, 1.82) is 0 Å². The van der Waals surface area contributed by atoms with Crippen molar-refractivity contribution < 1.29 is 9.90 Å². The van der Waals surface area contributed by atoms with Crippen LogP contribution in [0, 0.1) is 0 Å². The van der Waals surface area contributed by atoms with E-state index in [0.717, 1.165) is 12.8 Å². The van der Waals surface area contributed by atoms with Gasteiger partial charge in [0.2, 0.25) is 5.91 Å². The predicted molar refractivity (Wildman–Crippen MR) is 65.7 cm³/mol. The molecule has 18 heavy (non-hydrogen) atoms. The molecule has 1 fully saturated rings. The van der Waals surface area contributed by atoms with Gasteiger partial charge in [0.15, 0.2) is 0 Å². The molecule has 100 valence electrons. The molecule has 1 unspecified atom stereocenters. The average molecular weight is 252 g/mol. The lowest BCUT2D eigenvalue weighted by Gasteiger charge is -2.11. The molecule has 1 heterocycles. The lowest BCUT2D eigenvalue weighted by Crippen LogP contribution is -2.35. The number of aromatic nitrogens is 3. The van der Waals surface area contributed by atoms with Gasteiger partial charge >= 0.3 is 0 Å². The quantitative estimate of drug-likeness (QED) is 0.811. The summed E-state index contributed by atoms with van der Waals surface area (Å²) < 4.78 is 1.47. The molecule has 6 nitrogen and oxygen atoms in total. The molecule has 1 aromatic heterocycles. The molecular formula is C12H20N4O2. The van der Waals surface area contributed by atoms with Crippen LogP contribution in [0.1, 0.15) is 50.8 Å². The molecule has 2 N–H and O–H groups in total. The minimum Gasteiger partial charge on any atom is -0.387 e. The molecular weight excluding hydrogens is 232 g/mol. The Morgan fingerprint density at radius 3 is 3.00 bits per heavy atom. The van der Waals surface area contributed by atoms with Crippen LogP contribution in [0.4, 0.5) is 0 Å². The first kappa shape index (κ1) is 13.0. The number of hydrogen-bond donors (Lipinski definition) is 2. The number of aliphatic hydroxyl groups excluding tert-OH is 1. The van der Waals surface area contributed by atoms with Gasteiger partial charge in [-0.25, -0.2) is 4.68 Å². The molecule has 1 aliphatic carbocycles. The Balaban J connectivity index is 1.84. The third-order valence-corrected chi connectivity index (χ3v) is 3.31. The van der Waals surface area contributed by atoms with Crippen LogP contribution in [0.25, 0.3) is 0 Å². The Hall–Kier alpha value is -1.43. The molecule has 0 spiro atoms. The van der Waals surface area contributed by atoms with Gasteiger partial charge in [0.1, 0.15) is 12.2 Å². The van der Waals surface area contributed by atoms with E-state index >= 15 is 0 Å². The van der Waals surface area contributed by atoms with Crippen LogP contribution in [0.2, 0.25) is 0 Å². The number of hydrogen-bond acceptors (Lipinski definition) is 4. The van der Waals surface area contributed by atoms with Crippen molar-refractivity contribution in [2.75, 3.05) is 0 Å². The number of rotatable bonds is 5. The fourth-order valence-corrected chi connectivity index (χ4v) is 2.24. The van der Waals surface area contributed by atoms with Gasteiger partial charge in [0.25, 0.3) is 0 Å². The fourth-order valence-electron chi connectivity index (χ4n) is 2.24. The monoisotopic (exact) mass is 252 g/mol. The third-order valence-electron chi connectivity index (χ3n) is 3.31. The molecule has 1 aliphatic rings.